The molecule has 119 valence electrons. The van der Waals surface area contributed by atoms with Crippen LogP contribution in [0.5, 0.6) is 0 Å². The van der Waals surface area contributed by atoms with E-state index in [0.717, 1.165) is 11.1 Å². The van der Waals surface area contributed by atoms with Crippen LogP contribution in [-0.4, -0.2) is 11.9 Å². The van der Waals surface area contributed by atoms with Crippen LogP contribution in [0.1, 0.15) is 24.0 Å². The zero-order chi connectivity index (χ0) is 16.3. The van der Waals surface area contributed by atoms with Crippen molar-refractivity contribution in [1.29, 1.82) is 0 Å². The van der Waals surface area contributed by atoms with Gasteiger partial charge < -0.3 is 9.47 Å². The minimum atomic E-state index is -0.357. The molecule has 4 nitrogen and oxygen atoms in total. The van der Waals surface area contributed by atoms with Gasteiger partial charge in [0.2, 0.25) is 0 Å². The third-order valence-corrected chi connectivity index (χ3v) is 3.11. The van der Waals surface area contributed by atoms with Crippen LogP contribution in [0.2, 0.25) is 0 Å². The average molecular weight is 311 g/mol. The van der Waals surface area contributed by atoms with Crippen LogP contribution < -0.4 is 0 Å². The molecular formula is C19H19O4. The van der Waals surface area contributed by atoms with Crippen LogP contribution in [0.15, 0.2) is 60.7 Å². The summed E-state index contributed by atoms with van der Waals surface area (Å²) in [6.45, 7) is 0.484. The van der Waals surface area contributed by atoms with E-state index >= 15 is 0 Å². The predicted octanol–water partition coefficient (Wildman–Crippen LogP) is 3.46. The van der Waals surface area contributed by atoms with E-state index in [1.807, 2.05) is 60.7 Å². The van der Waals surface area contributed by atoms with Gasteiger partial charge in [-0.15, -0.1) is 0 Å². The van der Waals surface area contributed by atoms with Gasteiger partial charge in [0.1, 0.15) is 13.2 Å². The topological polar surface area (TPSA) is 52.6 Å². The first-order valence-corrected chi connectivity index (χ1v) is 7.45. The fourth-order valence-corrected chi connectivity index (χ4v) is 1.90. The summed E-state index contributed by atoms with van der Waals surface area (Å²) in [5.41, 5.74) is 1.87. The van der Waals surface area contributed by atoms with Crippen molar-refractivity contribution in [3.05, 3.63) is 78.2 Å². The average Bonchev–Trinajstić information content (AvgIpc) is 2.60. The lowest BCUT2D eigenvalue weighted by Gasteiger charge is -2.06. The van der Waals surface area contributed by atoms with E-state index in [4.69, 9.17) is 9.47 Å². The molecule has 2 aromatic rings. The van der Waals surface area contributed by atoms with Crippen LogP contribution in [0.25, 0.3) is 0 Å². The van der Waals surface area contributed by atoms with Gasteiger partial charge in [-0.05, 0) is 17.5 Å². The summed E-state index contributed by atoms with van der Waals surface area (Å²) < 4.78 is 10.2. The highest BCUT2D eigenvalue weighted by atomic mass is 16.5. The molecule has 2 aromatic carbocycles. The summed E-state index contributed by atoms with van der Waals surface area (Å²) in [7, 11) is 0. The minimum absolute atomic E-state index is 0.0905. The van der Waals surface area contributed by atoms with Crippen molar-refractivity contribution in [3.63, 3.8) is 0 Å². The Balaban J connectivity index is 1.57. The molecule has 0 amide bonds. The van der Waals surface area contributed by atoms with Gasteiger partial charge in [0, 0.05) is 12.8 Å². The number of rotatable bonds is 8. The second-order valence-corrected chi connectivity index (χ2v) is 4.99. The maximum atomic E-state index is 11.6. The van der Waals surface area contributed by atoms with Crippen LogP contribution in [0.4, 0.5) is 0 Å². The molecule has 0 saturated heterocycles. The van der Waals surface area contributed by atoms with E-state index in [9.17, 15) is 9.59 Å². The quantitative estimate of drug-likeness (QED) is 0.701. The molecule has 0 spiro atoms. The molecule has 2 rings (SSSR count). The molecule has 0 saturated carbocycles. The predicted molar refractivity (Wildman–Crippen MR) is 86.0 cm³/mol. The molecule has 0 aliphatic heterocycles. The lowest BCUT2D eigenvalue weighted by atomic mass is 10.2. The van der Waals surface area contributed by atoms with E-state index in [1.165, 1.54) is 0 Å². The summed E-state index contributed by atoms with van der Waals surface area (Å²) in [5.74, 6) is -0.713. The smallest absolute Gasteiger partial charge is 0.306 e. The third kappa shape index (κ3) is 6.78. The van der Waals surface area contributed by atoms with E-state index in [1.54, 1.807) is 6.42 Å². The monoisotopic (exact) mass is 311 g/mol. The maximum absolute atomic E-state index is 11.6. The Morgan fingerprint density at radius 3 is 1.48 bits per heavy atom. The fraction of sp³-hybridized carbons (Fsp3) is 0.211. The van der Waals surface area contributed by atoms with Crippen molar-refractivity contribution in [2.75, 3.05) is 0 Å². The summed E-state index contributed by atoms with van der Waals surface area (Å²) in [6, 6.07) is 18.9. The first kappa shape index (κ1) is 16.7. The Hall–Kier alpha value is -2.62. The summed E-state index contributed by atoms with van der Waals surface area (Å²) >= 11 is 0. The molecule has 0 aromatic heterocycles. The second kappa shape index (κ2) is 9.41. The van der Waals surface area contributed by atoms with E-state index in [2.05, 4.69) is 0 Å². The Labute approximate surface area is 136 Å². The third-order valence-electron chi connectivity index (χ3n) is 3.11. The first-order chi connectivity index (χ1) is 11.2. The first-order valence-electron chi connectivity index (χ1n) is 7.45. The largest absolute Gasteiger partial charge is 0.461 e. The zero-order valence-electron chi connectivity index (χ0n) is 12.8. The second-order valence-electron chi connectivity index (χ2n) is 4.99. The van der Waals surface area contributed by atoms with Gasteiger partial charge in [0.15, 0.2) is 0 Å². The molecular weight excluding hydrogens is 292 g/mol. The van der Waals surface area contributed by atoms with Gasteiger partial charge in [-0.2, -0.15) is 0 Å². The van der Waals surface area contributed by atoms with Gasteiger partial charge >= 0.3 is 11.9 Å². The highest BCUT2D eigenvalue weighted by molar-refractivity contribution is 5.74. The number of esters is 2. The van der Waals surface area contributed by atoms with Crippen molar-refractivity contribution in [1.82, 2.24) is 0 Å². The number of carbonyl (C=O) groups excluding carboxylic acids is 2. The Morgan fingerprint density at radius 2 is 1.09 bits per heavy atom. The van der Waals surface area contributed by atoms with Crippen LogP contribution in [-0.2, 0) is 32.3 Å². The SMILES string of the molecule is O=C(C[CH]CC(=O)OCc1ccccc1)OCc1ccccc1. The number of hydrogen-bond acceptors (Lipinski definition) is 4. The molecule has 0 aliphatic carbocycles. The number of hydrogen-bond donors (Lipinski definition) is 0. The molecule has 0 atom stereocenters. The zero-order valence-corrected chi connectivity index (χ0v) is 12.8. The Kier molecular flexibility index (Phi) is 6.85. The van der Waals surface area contributed by atoms with Gasteiger partial charge in [0.05, 0.1) is 0 Å². The van der Waals surface area contributed by atoms with Crippen molar-refractivity contribution in [3.8, 4) is 0 Å². The van der Waals surface area contributed by atoms with Crippen LogP contribution >= 0.6 is 0 Å². The highest BCUT2D eigenvalue weighted by Gasteiger charge is 2.08. The van der Waals surface area contributed by atoms with Crippen molar-refractivity contribution in [2.24, 2.45) is 0 Å². The highest BCUT2D eigenvalue weighted by Crippen LogP contribution is 2.05. The van der Waals surface area contributed by atoms with Gasteiger partial charge in [-0.3, -0.25) is 9.59 Å². The van der Waals surface area contributed by atoms with Gasteiger partial charge in [-0.25, -0.2) is 0 Å². The molecule has 23 heavy (non-hydrogen) atoms. The molecule has 0 bridgehead atoms. The summed E-state index contributed by atoms with van der Waals surface area (Å²) in [6.07, 6.45) is 1.75. The molecule has 0 heterocycles. The number of carbonyl (C=O) groups is 2. The van der Waals surface area contributed by atoms with Crippen LogP contribution in [0.3, 0.4) is 0 Å². The lowest BCUT2D eigenvalue weighted by Crippen LogP contribution is -2.08. The van der Waals surface area contributed by atoms with Gasteiger partial charge in [0.25, 0.3) is 0 Å². The molecule has 0 fully saturated rings. The van der Waals surface area contributed by atoms with Crippen molar-refractivity contribution in [2.45, 2.75) is 26.1 Å². The van der Waals surface area contributed by atoms with E-state index in [0.29, 0.717) is 0 Å². The Bertz CT molecular complexity index is 552. The number of benzene rings is 2. The summed E-state index contributed by atoms with van der Waals surface area (Å²) in [5, 5.41) is 0. The normalized spacial score (nSPS) is 10.1. The number of ether oxygens (including phenoxy) is 2. The molecule has 1 radical (unpaired) electrons. The van der Waals surface area contributed by atoms with Crippen molar-refractivity contribution >= 4 is 11.9 Å². The minimum Gasteiger partial charge on any atom is -0.461 e. The Morgan fingerprint density at radius 1 is 0.696 bits per heavy atom. The molecule has 0 aliphatic rings. The maximum Gasteiger partial charge on any atom is 0.306 e. The van der Waals surface area contributed by atoms with E-state index < -0.39 is 0 Å². The molecule has 0 N–H and O–H groups in total. The standard InChI is InChI=1S/C19H19O4/c20-18(22-14-16-8-3-1-4-9-16)12-7-13-19(21)23-15-17-10-5-2-6-11-17/h1-11H,12-15H2. The van der Waals surface area contributed by atoms with Crippen molar-refractivity contribution < 1.29 is 19.1 Å². The van der Waals surface area contributed by atoms with Gasteiger partial charge in [-0.1, -0.05) is 60.7 Å². The van der Waals surface area contributed by atoms with E-state index in [-0.39, 0.29) is 38.0 Å². The molecule has 4 heteroatoms. The molecule has 0 unspecified atom stereocenters. The van der Waals surface area contributed by atoms with Crippen LogP contribution in [0, 0.1) is 6.42 Å². The summed E-state index contributed by atoms with van der Waals surface area (Å²) in [4.78, 5) is 23.1. The fourth-order valence-electron chi connectivity index (χ4n) is 1.90. The lowest BCUT2D eigenvalue weighted by molar-refractivity contribution is -0.145.